The summed E-state index contributed by atoms with van der Waals surface area (Å²) >= 11 is 0. The highest BCUT2D eigenvalue weighted by Gasteiger charge is 2.34. The zero-order valence-corrected chi connectivity index (χ0v) is 14.0. The molecule has 0 unspecified atom stereocenters. The van der Waals surface area contributed by atoms with E-state index in [1.165, 1.54) is 4.90 Å². The predicted octanol–water partition coefficient (Wildman–Crippen LogP) is 1.61. The molecule has 2 amide bonds. The topological polar surface area (TPSA) is 66.5 Å². The number of nitrogens with zero attached hydrogens (tertiary/aromatic N) is 1. The van der Waals surface area contributed by atoms with Crippen LogP contribution in [0.1, 0.15) is 21.5 Å². The summed E-state index contributed by atoms with van der Waals surface area (Å²) in [4.78, 5) is 37.9. The third-order valence-electron chi connectivity index (χ3n) is 4.54. The maximum Gasteiger partial charge on any atom is 0.254 e. The van der Waals surface area contributed by atoms with Crippen molar-refractivity contribution in [3.8, 4) is 0 Å². The zero-order chi connectivity index (χ0) is 17.8. The molecule has 5 nitrogen and oxygen atoms in total. The molecule has 0 saturated carbocycles. The highest BCUT2D eigenvalue weighted by molar-refractivity contribution is 6.00. The molecule has 3 rings (SSSR count). The van der Waals surface area contributed by atoms with E-state index in [4.69, 9.17) is 0 Å². The summed E-state index contributed by atoms with van der Waals surface area (Å²) in [7, 11) is 1.62. The summed E-state index contributed by atoms with van der Waals surface area (Å²) in [5.74, 6) is -0.480. The smallest absolute Gasteiger partial charge is 0.254 e. The Morgan fingerprint density at radius 3 is 2.60 bits per heavy atom. The number of benzene rings is 2. The average Bonchev–Trinajstić information content (AvgIpc) is 2.64. The van der Waals surface area contributed by atoms with Gasteiger partial charge in [-0.1, -0.05) is 48.5 Å². The Morgan fingerprint density at radius 2 is 1.88 bits per heavy atom. The molecule has 0 radical (unpaired) electrons. The highest BCUT2D eigenvalue weighted by atomic mass is 16.2. The second kappa shape index (κ2) is 7.30. The standard InChI is InChI=1S/C20H20N2O3/c1-22-18(12-15-9-5-6-10-17(15)20(22)25)19(24)21-16(13-23)11-14-7-3-2-4-8-14/h2-10,13,16,18H,11-12H2,1H3,(H,21,24)/t16-,18+/m0/s1. The summed E-state index contributed by atoms with van der Waals surface area (Å²) in [6, 6.07) is 15.6. The lowest BCUT2D eigenvalue weighted by molar-refractivity contribution is -0.127. The van der Waals surface area contributed by atoms with Crippen LogP contribution in [0, 0.1) is 0 Å². The minimum atomic E-state index is -0.615. The normalized spacial score (nSPS) is 17.6. The van der Waals surface area contributed by atoms with Gasteiger partial charge in [-0.25, -0.2) is 0 Å². The van der Waals surface area contributed by atoms with Crippen LogP contribution in [-0.4, -0.2) is 42.1 Å². The van der Waals surface area contributed by atoms with E-state index in [1.54, 1.807) is 13.1 Å². The number of likely N-dealkylation sites (N-methyl/N-ethyl adjacent to an activating group) is 1. The van der Waals surface area contributed by atoms with E-state index in [0.717, 1.165) is 17.4 Å². The molecule has 0 saturated heterocycles. The molecular formula is C20H20N2O3. The van der Waals surface area contributed by atoms with Crippen molar-refractivity contribution in [1.29, 1.82) is 0 Å². The Balaban J connectivity index is 1.72. The van der Waals surface area contributed by atoms with E-state index in [-0.39, 0.29) is 11.8 Å². The minimum Gasteiger partial charge on any atom is -0.344 e. The predicted molar refractivity (Wildman–Crippen MR) is 94.2 cm³/mol. The Morgan fingerprint density at radius 1 is 1.20 bits per heavy atom. The molecule has 0 aliphatic carbocycles. The van der Waals surface area contributed by atoms with Gasteiger partial charge in [0.05, 0.1) is 6.04 Å². The summed E-state index contributed by atoms with van der Waals surface area (Å²) in [5.41, 5.74) is 2.46. The van der Waals surface area contributed by atoms with Gasteiger partial charge in [0, 0.05) is 19.0 Å². The number of aldehydes is 1. The van der Waals surface area contributed by atoms with Crippen LogP contribution in [0.5, 0.6) is 0 Å². The third kappa shape index (κ3) is 3.60. The largest absolute Gasteiger partial charge is 0.344 e. The molecule has 0 spiro atoms. The van der Waals surface area contributed by atoms with Crippen molar-refractivity contribution in [3.63, 3.8) is 0 Å². The first-order chi connectivity index (χ1) is 12.1. The molecule has 1 aliphatic heterocycles. The van der Waals surface area contributed by atoms with Crippen LogP contribution >= 0.6 is 0 Å². The van der Waals surface area contributed by atoms with Gasteiger partial charge >= 0.3 is 0 Å². The van der Waals surface area contributed by atoms with Gasteiger partial charge in [-0.05, 0) is 23.6 Å². The molecule has 2 atom stereocenters. The Hall–Kier alpha value is -2.95. The second-order valence-corrected chi connectivity index (χ2v) is 6.23. The monoisotopic (exact) mass is 336 g/mol. The van der Waals surface area contributed by atoms with Crippen LogP contribution in [0.25, 0.3) is 0 Å². The fraction of sp³-hybridized carbons (Fsp3) is 0.250. The molecule has 0 aromatic heterocycles. The molecule has 2 aromatic carbocycles. The van der Waals surface area contributed by atoms with Gasteiger partial charge in [-0.2, -0.15) is 0 Å². The van der Waals surface area contributed by atoms with Gasteiger partial charge < -0.3 is 15.0 Å². The fourth-order valence-electron chi connectivity index (χ4n) is 3.13. The maximum absolute atomic E-state index is 12.7. The van der Waals surface area contributed by atoms with Crippen molar-refractivity contribution in [3.05, 3.63) is 71.3 Å². The number of hydrogen-bond donors (Lipinski definition) is 1. The van der Waals surface area contributed by atoms with Gasteiger partial charge in [0.2, 0.25) is 5.91 Å². The molecule has 0 bridgehead atoms. The van der Waals surface area contributed by atoms with Crippen molar-refractivity contribution in [2.45, 2.75) is 24.9 Å². The molecule has 5 heteroatoms. The van der Waals surface area contributed by atoms with Crippen LogP contribution in [0.4, 0.5) is 0 Å². The van der Waals surface area contributed by atoms with E-state index < -0.39 is 12.1 Å². The lowest BCUT2D eigenvalue weighted by atomic mass is 9.93. The number of carbonyl (C=O) groups excluding carboxylic acids is 3. The first-order valence-electron chi connectivity index (χ1n) is 8.25. The number of hydrogen-bond acceptors (Lipinski definition) is 3. The average molecular weight is 336 g/mol. The van der Waals surface area contributed by atoms with Crippen molar-refractivity contribution in [2.75, 3.05) is 7.05 Å². The second-order valence-electron chi connectivity index (χ2n) is 6.23. The molecule has 1 N–H and O–H groups in total. The minimum absolute atomic E-state index is 0.173. The van der Waals surface area contributed by atoms with Gasteiger partial charge in [-0.15, -0.1) is 0 Å². The molecule has 1 aliphatic rings. The van der Waals surface area contributed by atoms with Gasteiger partial charge in [0.1, 0.15) is 12.3 Å². The summed E-state index contributed by atoms with van der Waals surface area (Å²) in [5, 5.41) is 2.77. The molecule has 2 aromatic rings. The molecule has 0 fully saturated rings. The van der Waals surface area contributed by atoms with Crippen molar-refractivity contribution >= 4 is 18.1 Å². The van der Waals surface area contributed by atoms with E-state index in [1.807, 2.05) is 48.5 Å². The van der Waals surface area contributed by atoms with E-state index >= 15 is 0 Å². The van der Waals surface area contributed by atoms with Crippen molar-refractivity contribution < 1.29 is 14.4 Å². The Labute approximate surface area is 146 Å². The van der Waals surface area contributed by atoms with Crippen LogP contribution in [-0.2, 0) is 22.4 Å². The van der Waals surface area contributed by atoms with E-state index in [2.05, 4.69) is 5.32 Å². The van der Waals surface area contributed by atoms with Gasteiger partial charge in [0.15, 0.2) is 0 Å². The summed E-state index contributed by atoms with van der Waals surface area (Å²) in [6.07, 6.45) is 1.61. The van der Waals surface area contributed by atoms with E-state index in [9.17, 15) is 14.4 Å². The summed E-state index contributed by atoms with van der Waals surface area (Å²) < 4.78 is 0. The SMILES string of the molecule is CN1C(=O)c2ccccc2C[C@@H]1C(=O)N[C@H](C=O)Cc1ccccc1. The Kier molecular flexibility index (Phi) is 4.93. The highest BCUT2D eigenvalue weighted by Crippen LogP contribution is 2.22. The first kappa shape index (κ1) is 16.9. The van der Waals surface area contributed by atoms with Crippen molar-refractivity contribution in [2.24, 2.45) is 0 Å². The lowest BCUT2D eigenvalue weighted by Crippen LogP contribution is -2.54. The maximum atomic E-state index is 12.7. The number of nitrogens with one attached hydrogen (secondary N) is 1. The number of rotatable bonds is 5. The molecule has 1 heterocycles. The van der Waals surface area contributed by atoms with Gasteiger partial charge in [-0.3, -0.25) is 9.59 Å². The number of carbonyl (C=O) groups is 3. The molecular weight excluding hydrogens is 316 g/mol. The van der Waals surface area contributed by atoms with Crippen LogP contribution in [0.15, 0.2) is 54.6 Å². The Bertz CT molecular complexity index is 789. The number of amides is 2. The van der Waals surface area contributed by atoms with Crippen LogP contribution < -0.4 is 5.32 Å². The third-order valence-corrected chi connectivity index (χ3v) is 4.54. The van der Waals surface area contributed by atoms with Crippen molar-refractivity contribution in [1.82, 2.24) is 10.2 Å². The quantitative estimate of drug-likeness (QED) is 0.844. The fourth-order valence-corrected chi connectivity index (χ4v) is 3.13. The lowest BCUT2D eigenvalue weighted by Gasteiger charge is -2.33. The van der Waals surface area contributed by atoms with Crippen LogP contribution in [0.3, 0.4) is 0 Å². The van der Waals surface area contributed by atoms with Crippen LogP contribution in [0.2, 0.25) is 0 Å². The summed E-state index contributed by atoms with van der Waals surface area (Å²) in [6.45, 7) is 0. The van der Waals surface area contributed by atoms with Gasteiger partial charge in [0.25, 0.3) is 5.91 Å². The zero-order valence-electron chi connectivity index (χ0n) is 14.0. The first-order valence-corrected chi connectivity index (χ1v) is 8.25. The number of fused-ring (bicyclic) bond motifs is 1. The van der Waals surface area contributed by atoms with E-state index in [0.29, 0.717) is 18.4 Å². The molecule has 128 valence electrons. The molecule has 25 heavy (non-hydrogen) atoms.